The van der Waals surface area contributed by atoms with Gasteiger partial charge in [-0.15, -0.1) is 0 Å². The van der Waals surface area contributed by atoms with Crippen LogP contribution < -0.4 is 0 Å². The zero-order valence-corrected chi connectivity index (χ0v) is 14.8. The van der Waals surface area contributed by atoms with E-state index in [1.54, 1.807) is 36.4 Å². The number of halogens is 2. The summed E-state index contributed by atoms with van der Waals surface area (Å²) in [6.45, 7) is 0. The average Bonchev–Trinajstić information content (AvgIpc) is 3.24. The van der Waals surface area contributed by atoms with E-state index >= 15 is 0 Å². The Morgan fingerprint density at radius 1 is 0.962 bits per heavy atom. The molecule has 0 aliphatic carbocycles. The van der Waals surface area contributed by atoms with E-state index in [1.807, 2.05) is 30.3 Å². The highest BCUT2D eigenvalue weighted by molar-refractivity contribution is 6.36. The van der Waals surface area contributed by atoms with Crippen molar-refractivity contribution in [1.29, 1.82) is 0 Å². The Bertz CT molecular complexity index is 1050. The Labute approximate surface area is 159 Å². The van der Waals surface area contributed by atoms with Gasteiger partial charge in [-0.25, -0.2) is 4.79 Å². The van der Waals surface area contributed by atoms with E-state index in [0.29, 0.717) is 38.4 Å². The fourth-order valence-electron chi connectivity index (χ4n) is 2.62. The highest BCUT2D eigenvalue weighted by Crippen LogP contribution is 2.32. The summed E-state index contributed by atoms with van der Waals surface area (Å²) in [5.74, 6) is 0.540. The number of benzene rings is 2. The first kappa shape index (κ1) is 16.6. The Hall–Kier alpha value is -2.82. The second kappa shape index (κ2) is 6.83. The first-order chi connectivity index (χ1) is 12.6. The van der Waals surface area contributed by atoms with Crippen LogP contribution in [-0.4, -0.2) is 11.7 Å². The van der Waals surface area contributed by atoms with Crippen LogP contribution in [0.1, 0.15) is 11.3 Å². The van der Waals surface area contributed by atoms with Gasteiger partial charge in [-0.2, -0.15) is 0 Å². The number of hydrogen-bond acceptors (Lipinski definition) is 4. The van der Waals surface area contributed by atoms with Crippen LogP contribution in [0.5, 0.6) is 0 Å². The van der Waals surface area contributed by atoms with Crippen molar-refractivity contribution in [3.05, 3.63) is 87.6 Å². The number of hydrogen-bond donors (Lipinski definition) is 0. The SMILES string of the molecule is O=C1ON=C(c2ccccc2)C1=Cc1ccc(-c2ccc(Cl)cc2Cl)o1. The number of furan rings is 1. The van der Waals surface area contributed by atoms with Gasteiger partial charge in [0.1, 0.15) is 17.2 Å². The fourth-order valence-corrected chi connectivity index (χ4v) is 3.12. The summed E-state index contributed by atoms with van der Waals surface area (Å²) < 4.78 is 5.82. The minimum atomic E-state index is -0.522. The van der Waals surface area contributed by atoms with Crippen LogP contribution in [0, 0.1) is 0 Å². The van der Waals surface area contributed by atoms with E-state index < -0.39 is 5.97 Å². The smallest absolute Gasteiger partial charge is 0.368 e. The van der Waals surface area contributed by atoms with E-state index in [-0.39, 0.29) is 0 Å². The molecule has 128 valence electrons. The van der Waals surface area contributed by atoms with E-state index in [0.717, 1.165) is 5.56 Å². The Morgan fingerprint density at radius 3 is 2.54 bits per heavy atom. The number of carbonyl (C=O) groups is 1. The molecule has 1 aliphatic rings. The summed E-state index contributed by atoms with van der Waals surface area (Å²) in [6, 6.07) is 18.0. The van der Waals surface area contributed by atoms with Gasteiger partial charge in [0.15, 0.2) is 0 Å². The van der Waals surface area contributed by atoms with E-state index in [1.165, 1.54) is 0 Å². The third kappa shape index (κ3) is 3.17. The summed E-state index contributed by atoms with van der Waals surface area (Å²) in [4.78, 5) is 16.9. The zero-order chi connectivity index (χ0) is 18.1. The molecular weight excluding hydrogens is 373 g/mol. The van der Waals surface area contributed by atoms with Crippen LogP contribution in [0.3, 0.4) is 0 Å². The van der Waals surface area contributed by atoms with Crippen molar-refractivity contribution < 1.29 is 14.0 Å². The lowest BCUT2D eigenvalue weighted by Gasteiger charge is -2.01. The molecule has 2 heterocycles. The maximum Gasteiger partial charge on any atom is 0.368 e. The number of carbonyl (C=O) groups excluding carboxylic acids is 1. The van der Waals surface area contributed by atoms with Crippen molar-refractivity contribution in [2.45, 2.75) is 0 Å². The molecule has 4 rings (SSSR count). The summed E-state index contributed by atoms with van der Waals surface area (Å²) in [5.41, 5.74) is 2.31. The molecule has 0 fully saturated rings. The summed E-state index contributed by atoms with van der Waals surface area (Å²) in [6.07, 6.45) is 1.61. The van der Waals surface area contributed by atoms with Gasteiger partial charge in [0.05, 0.1) is 10.6 Å². The molecule has 3 aromatic rings. The van der Waals surface area contributed by atoms with Crippen molar-refractivity contribution in [3.63, 3.8) is 0 Å². The highest BCUT2D eigenvalue weighted by atomic mass is 35.5. The van der Waals surface area contributed by atoms with Gasteiger partial charge < -0.3 is 9.25 Å². The molecule has 0 N–H and O–H groups in total. The van der Waals surface area contributed by atoms with Crippen LogP contribution >= 0.6 is 23.2 Å². The third-order valence-corrected chi connectivity index (χ3v) is 4.40. The summed E-state index contributed by atoms with van der Waals surface area (Å²) >= 11 is 12.1. The minimum Gasteiger partial charge on any atom is -0.457 e. The zero-order valence-electron chi connectivity index (χ0n) is 13.3. The van der Waals surface area contributed by atoms with Gasteiger partial charge in [-0.3, -0.25) is 0 Å². The molecule has 26 heavy (non-hydrogen) atoms. The molecule has 0 unspecified atom stereocenters. The van der Waals surface area contributed by atoms with Crippen molar-refractivity contribution in [2.75, 3.05) is 0 Å². The maximum atomic E-state index is 12.0. The molecule has 4 nitrogen and oxygen atoms in total. The van der Waals surface area contributed by atoms with Crippen molar-refractivity contribution in [1.82, 2.24) is 0 Å². The number of oxime groups is 1. The number of rotatable bonds is 3. The standard InChI is InChI=1S/C20H11Cl2NO3/c21-13-6-8-15(17(22)10-13)18-9-7-14(25-18)11-16-19(23-26-20(16)24)12-4-2-1-3-5-12/h1-11H. The molecule has 0 saturated heterocycles. The largest absolute Gasteiger partial charge is 0.457 e. The molecular formula is C20H11Cl2NO3. The third-order valence-electron chi connectivity index (χ3n) is 3.85. The number of nitrogens with zero attached hydrogens (tertiary/aromatic N) is 1. The second-order valence-corrected chi connectivity index (χ2v) is 6.41. The molecule has 6 heteroatoms. The minimum absolute atomic E-state index is 0.333. The van der Waals surface area contributed by atoms with Gasteiger partial charge in [0, 0.05) is 16.1 Å². The van der Waals surface area contributed by atoms with Crippen LogP contribution in [-0.2, 0) is 9.63 Å². The average molecular weight is 384 g/mol. The second-order valence-electron chi connectivity index (χ2n) is 5.57. The summed E-state index contributed by atoms with van der Waals surface area (Å²) in [5, 5.41) is 4.91. The van der Waals surface area contributed by atoms with Crippen LogP contribution in [0.25, 0.3) is 17.4 Å². The van der Waals surface area contributed by atoms with Crippen molar-refractivity contribution in [2.24, 2.45) is 5.16 Å². The Balaban J connectivity index is 1.69. The fraction of sp³-hybridized carbons (Fsp3) is 0. The van der Waals surface area contributed by atoms with Crippen molar-refractivity contribution in [3.8, 4) is 11.3 Å². The first-order valence-corrected chi connectivity index (χ1v) is 8.49. The van der Waals surface area contributed by atoms with Gasteiger partial charge in [-0.1, -0.05) is 58.7 Å². The predicted octanol–water partition coefficient (Wildman–Crippen LogP) is 5.60. The van der Waals surface area contributed by atoms with Gasteiger partial charge >= 0.3 is 5.97 Å². The van der Waals surface area contributed by atoms with E-state index in [9.17, 15) is 4.79 Å². The molecule has 0 saturated carbocycles. The normalized spacial score (nSPS) is 15.2. The highest BCUT2D eigenvalue weighted by Gasteiger charge is 2.27. The molecule has 2 aromatic carbocycles. The quantitative estimate of drug-likeness (QED) is 0.436. The van der Waals surface area contributed by atoms with Gasteiger partial charge in [-0.05, 0) is 36.4 Å². The monoisotopic (exact) mass is 383 g/mol. The van der Waals surface area contributed by atoms with Crippen molar-refractivity contribution >= 4 is 41.0 Å². The molecule has 1 aliphatic heterocycles. The molecule has 1 aromatic heterocycles. The topological polar surface area (TPSA) is 51.8 Å². The van der Waals surface area contributed by atoms with Gasteiger partial charge in [0.2, 0.25) is 0 Å². The first-order valence-electron chi connectivity index (χ1n) is 7.74. The van der Waals surface area contributed by atoms with E-state index in [4.69, 9.17) is 32.5 Å². The lowest BCUT2D eigenvalue weighted by molar-refractivity contribution is -0.136. The summed E-state index contributed by atoms with van der Waals surface area (Å²) in [7, 11) is 0. The van der Waals surface area contributed by atoms with Crippen LogP contribution in [0.4, 0.5) is 0 Å². The van der Waals surface area contributed by atoms with Crippen LogP contribution in [0.15, 0.2) is 75.8 Å². The van der Waals surface area contributed by atoms with Gasteiger partial charge in [0.25, 0.3) is 0 Å². The molecule has 0 atom stereocenters. The Kier molecular flexibility index (Phi) is 4.37. The molecule has 0 bridgehead atoms. The molecule has 0 radical (unpaired) electrons. The lowest BCUT2D eigenvalue weighted by Crippen LogP contribution is -2.06. The molecule has 0 amide bonds. The lowest BCUT2D eigenvalue weighted by atomic mass is 10.0. The molecule has 0 spiro atoms. The maximum absolute atomic E-state index is 12.0. The predicted molar refractivity (Wildman–Crippen MR) is 101 cm³/mol. The van der Waals surface area contributed by atoms with Crippen LogP contribution in [0.2, 0.25) is 10.0 Å². The van der Waals surface area contributed by atoms with E-state index in [2.05, 4.69) is 5.16 Å². The Morgan fingerprint density at radius 2 is 1.77 bits per heavy atom.